The second-order valence-corrected chi connectivity index (χ2v) is 4.98. The monoisotopic (exact) mass is 332 g/mol. The van der Waals surface area contributed by atoms with E-state index in [4.69, 9.17) is 9.47 Å². The average molecular weight is 332 g/mol. The van der Waals surface area contributed by atoms with E-state index in [9.17, 15) is 9.18 Å². The Bertz CT molecular complexity index is 630. The lowest BCUT2D eigenvalue weighted by molar-refractivity contribution is -0.114. The zero-order valence-corrected chi connectivity index (χ0v) is 13.5. The number of carbonyl (C=O) groups is 1. The number of rotatable bonds is 9. The summed E-state index contributed by atoms with van der Waals surface area (Å²) in [7, 11) is 0. The highest BCUT2D eigenvalue weighted by Crippen LogP contribution is 2.15. The van der Waals surface area contributed by atoms with E-state index in [0.29, 0.717) is 25.5 Å². The van der Waals surface area contributed by atoms with Crippen molar-refractivity contribution in [2.45, 2.75) is 6.92 Å². The van der Waals surface area contributed by atoms with Gasteiger partial charge >= 0.3 is 0 Å². The summed E-state index contributed by atoms with van der Waals surface area (Å²) in [6, 6.07) is 12.9. The Kier molecular flexibility index (Phi) is 7.04. The maximum Gasteiger partial charge on any atom is 0.243 e. The molecule has 0 radical (unpaired) electrons. The van der Waals surface area contributed by atoms with E-state index in [1.807, 2.05) is 31.2 Å². The average Bonchev–Trinajstić information content (AvgIpc) is 2.60. The van der Waals surface area contributed by atoms with Gasteiger partial charge in [0, 0.05) is 18.0 Å². The molecule has 2 aromatic carbocycles. The fourth-order valence-electron chi connectivity index (χ4n) is 1.95. The topological polar surface area (TPSA) is 59.6 Å². The van der Waals surface area contributed by atoms with Gasteiger partial charge in [-0.1, -0.05) is 0 Å². The molecule has 0 aliphatic rings. The van der Waals surface area contributed by atoms with Crippen molar-refractivity contribution in [1.29, 1.82) is 0 Å². The van der Waals surface area contributed by atoms with Gasteiger partial charge in [-0.25, -0.2) is 4.39 Å². The number of hydrogen-bond donors (Lipinski definition) is 2. The van der Waals surface area contributed by atoms with Gasteiger partial charge in [0.05, 0.1) is 13.2 Å². The van der Waals surface area contributed by atoms with E-state index in [1.165, 1.54) is 24.3 Å². The fraction of sp³-hybridized carbons (Fsp3) is 0.278. The molecule has 24 heavy (non-hydrogen) atoms. The molecule has 0 aromatic heterocycles. The van der Waals surface area contributed by atoms with Crippen LogP contribution in [-0.2, 0) is 9.53 Å². The molecule has 2 N–H and O–H groups in total. The molecule has 0 aliphatic heterocycles. The minimum absolute atomic E-state index is 0.113. The van der Waals surface area contributed by atoms with Crippen LogP contribution in [0.25, 0.3) is 0 Å². The summed E-state index contributed by atoms with van der Waals surface area (Å²) < 4.78 is 23.5. The van der Waals surface area contributed by atoms with Gasteiger partial charge in [0.1, 0.15) is 18.2 Å². The summed E-state index contributed by atoms with van der Waals surface area (Å²) in [5.41, 5.74) is 1.36. The van der Waals surface area contributed by atoms with Crippen molar-refractivity contribution in [3.05, 3.63) is 54.3 Å². The van der Waals surface area contributed by atoms with Crippen LogP contribution >= 0.6 is 0 Å². The minimum Gasteiger partial charge on any atom is -0.491 e. The van der Waals surface area contributed by atoms with E-state index in [-0.39, 0.29) is 18.3 Å². The third-order valence-electron chi connectivity index (χ3n) is 3.14. The van der Waals surface area contributed by atoms with Crippen LogP contribution in [0.2, 0.25) is 0 Å². The normalized spacial score (nSPS) is 10.2. The van der Waals surface area contributed by atoms with Crippen LogP contribution in [0, 0.1) is 5.82 Å². The quantitative estimate of drug-likeness (QED) is 0.692. The van der Waals surface area contributed by atoms with Crippen LogP contribution in [-0.4, -0.2) is 32.3 Å². The van der Waals surface area contributed by atoms with Gasteiger partial charge in [0.2, 0.25) is 5.91 Å². The Hall–Kier alpha value is -2.60. The van der Waals surface area contributed by atoms with E-state index in [0.717, 1.165) is 11.4 Å². The van der Waals surface area contributed by atoms with Gasteiger partial charge in [-0.3, -0.25) is 4.79 Å². The summed E-state index contributed by atoms with van der Waals surface area (Å²) in [5, 5.41) is 5.70. The predicted molar refractivity (Wildman–Crippen MR) is 91.9 cm³/mol. The lowest BCUT2D eigenvalue weighted by atomic mass is 10.3. The number of benzene rings is 2. The van der Waals surface area contributed by atoms with Crippen LogP contribution in [0.5, 0.6) is 5.75 Å². The van der Waals surface area contributed by atoms with Crippen LogP contribution in [0.1, 0.15) is 6.92 Å². The largest absolute Gasteiger partial charge is 0.491 e. The summed E-state index contributed by atoms with van der Waals surface area (Å²) in [6.07, 6.45) is 0. The van der Waals surface area contributed by atoms with Crippen LogP contribution in [0.15, 0.2) is 48.5 Å². The van der Waals surface area contributed by atoms with Crippen molar-refractivity contribution in [3.8, 4) is 5.75 Å². The van der Waals surface area contributed by atoms with Gasteiger partial charge in [-0.15, -0.1) is 0 Å². The van der Waals surface area contributed by atoms with Gasteiger partial charge < -0.3 is 20.1 Å². The Labute approximate surface area is 140 Å². The molecular formula is C18H21FN2O3. The highest BCUT2D eigenvalue weighted by molar-refractivity contribution is 5.93. The van der Waals surface area contributed by atoms with Crippen molar-refractivity contribution in [2.75, 3.05) is 37.0 Å². The molecule has 0 fully saturated rings. The van der Waals surface area contributed by atoms with Gasteiger partial charge in [0.25, 0.3) is 0 Å². The molecule has 0 bridgehead atoms. The molecule has 128 valence electrons. The summed E-state index contributed by atoms with van der Waals surface area (Å²) in [6.45, 7) is 3.78. The number of ether oxygens (including phenoxy) is 2. The van der Waals surface area contributed by atoms with Crippen molar-refractivity contribution in [3.63, 3.8) is 0 Å². The van der Waals surface area contributed by atoms with Crippen molar-refractivity contribution in [1.82, 2.24) is 0 Å². The molecule has 0 saturated carbocycles. The van der Waals surface area contributed by atoms with Gasteiger partial charge in [-0.2, -0.15) is 0 Å². The van der Waals surface area contributed by atoms with Gasteiger partial charge in [0.15, 0.2) is 0 Å². The smallest absolute Gasteiger partial charge is 0.243 e. The van der Waals surface area contributed by atoms with E-state index >= 15 is 0 Å². The lowest BCUT2D eigenvalue weighted by Gasteiger charge is -2.09. The van der Waals surface area contributed by atoms with Crippen molar-refractivity contribution < 1.29 is 18.7 Å². The second-order valence-electron chi connectivity index (χ2n) is 4.98. The number of halogens is 1. The standard InChI is InChI=1S/C18H21FN2O3/c1-2-23-11-12-24-17-9-7-15(8-10-17)20-13-18(22)21-16-5-3-14(19)4-6-16/h3-10,20H,2,11-13H2,1H3,(H,21,22). The third kappa shape index (κ3) is 6.26. The fourth-order valence-corrected chi connectivity index (χ4v) is 1.95. The Morgan fingerprint density at radius 2 is 1.67 bits per heavy atom. The molecule has 0 unspecified atom stereocenters. The van der Waals surface area contributed by atoms with E-state index in [1.54, 1.807) is 0 Å². The number of anilines is 2. The lowest BCUT2D eigenvalue weighted by Crippen LogP contribution is -2.21. The Balaban J connectivity index is 1.73. The molecule has 6 heteroatoms. The molecule has 0 atom stereocenters. The summed E-state index contributed by atoms with van der Waals surface area (Å²) >= 11 is 0. The predicted octanol–water partition coefficient (Wildman–Crippen LogP) is 3.29. The first-order valence-electron chi connectivity index (χ1n) is 7.77. The van der Waals surface area contributed by atoms with E-state index < -0.39 is 0 Å². The third-order valence-corrected chi connectivity index (χ3v) is 3.14. The molecule has 2 rings (SSSR count). The number of amides is 1. The summed E-state index contributed by atoms with van der Waals surface area (Å²) in [4.78, 5) is 11.8. The molecule has 0 saturated heterocycles. The molecule has 1 amide bonds. The highest BCUT2D eigenvalue weighted by atomic mass is 19.1. The Morgan fingerprint density at radius 1 is 1.00 bits per heavy atom. The molecule has 2 aromatic rings. The molecule has 0 heterocycles. The van der Waals surface area contributed by atoms with E-state index in [2.05, 4.69) is 10.6 Å². The maximum absolute atomic E-state index is 12.8. The van der Waals surface area contributed by atoms with Crippen LogP contribution in [0.3, 0.4) is 0 Å². The van der Waals surface area contributed by atoms with Gasteiger partial charge in [-0.05, 0) is 55.5 Å². The first kappa shape index (κ1) is 17.7. The first-order valence-corrected chi connectivity index (χ1v) is 7.77. The molecule has 5 nitrogen and oxygen atoms in total. The molecular weight excluding hydrogens is 311 g/mol. The zero-order valence-electron chi connectivity index (χ0n) is 13.5. The summed E-state index contributed by atoms with van der Waals surface area (Å²) in [5.74, 6) is 0.198. The Morgan fingerprint density at radius 3 is 2.33 bits per heavy atom. The maximum atomic E-state index is 12.8. The number of carbonyl (C=O) groups excluding carboxylic acids is 1. The number of nitrogens with one attached hydrogen (secondary N) is 2. The zero-order chi connectivity index (χ0) is 17.2. The highest BCUT2D eigenvalue weighted by Gasteiger charge is 2.03. The molecule has 0 spiro atoms. The SMILES string of the molecule is CCOCCOc1ccc(NCC(=O)Nc2ccc(F)cc2)cc1. The first-order chi connectivity index (χ1) is 11.7. The van der Waals surface area contributed by atoms with Crippen molar-refractivity contribution in [2.24, 2.45) is 0 Å². The van der Waals surface area contributed by atoms with Crippen molar-refractivity contribution >= 4 is 17.3 Å². The van der Waals surface area contributed by atoms with Crippen LogP contribution in [0.4, 0.5) is 15.8 Å². The minimum atomic E-state index is -0.338. The second kappa shape index (κ2) is 9.52. The number of hydrogen-bond acceptors (Lipinski definition) is 4. The molecule has 0 aliphatic carbocycles. The van der Waals surface area contributed by atoms with Crippen LogP contribution < -0.4 is 15.4 Å².